The molecule has 5 nitrogen and oxygen atoms in total. The number of hydrogen-bond acceptors (Lipinski definition) is 4. The summed E-state index contributed by atoms with van der Waals surface area (Å²) in [5.41, 5.74) is 1.90. The van der Waals surface area contributed by atoms with Gasteiger partial charge in [-0.1, -0.05) is 18.2 Å². The Labute approximate surface area is 113 Å². The normalized spacial score (nSPS) is 11.2. The maximum Gasteiger partial charge on any atom is 0.234 e. The first-order valence-corrected chi connectivity index (χ1v) is 6.15. The second kappa shape index (κ2) is 4.03. The first kappa shape index (κ1) is 10.9. The van der Waals surface area contributed by atoms with Gasteiger partial charge < -0.3 is 4.42 Å². The Morgan fingerprint density at radius 2 is 1.90 bits per heavy atom. The Morgan fingerprint density at radius 3 is 2.75 bits per heavy atom. The van der Waals surface area contributed by atoms with E-state index in [1.54, 1.807) is 23.0 Å². The minimum Gasteiger partial charge on any atom is -0.436 e. The highest BCUT2D eigenvalue weighted by Crippen LogP contribution is 2.19. The molecule has 3 aromatic heterocycles. The Hall–Kier alpha value is -2.95. The fourth-order valence-electron chi connectivity index (χ4n) is 2.22. The lowest BCUT2D eigenvalue weighted by atomic mass is 10.3. The van der Waals surface area contributed by atoms with E-state index >= 15 is 0 Å². The molecule has 3 heterocycles. The van der Waals surface area contributed by atoms with Crippen molar-refractivity contribution in [1.82, 2.24) is 14.8 Å². The zero-order chi connectivity index (χ0) is 13.5. The monoisotopic (exact) mass is 263 g/mol. The highest BCUT2D eigenvalue weighted by molar-refractivity contribution is 5.86. The van der Waals surface area contributed by atoms with Gasteiger partial charge in [-0.25, -0.2) is 9.67 Å². The number of nitrogens with zero attached hydrogens (tertiary/aromatic N) is 3. The quantitative estimate of drug-likeness (QED) is 0.529. The molecule has 0 aliphatic carbocycles. The third-order valence-corrected chi connectivity index (χ3v) is 3.16. The number of aromatic nitrogens is 3. The molecule has 0 saturated heterocycles. The van der Waals surface area contributed by atoms with E-state index in [0.29, 0.717) is 22.2 Å². The number of pyridine rings is 1. The summed E-state index contributed by atoms with van der Waals surface area (Å²) >= 11 is 0. The van der Waals surface area contributed by atoms with Crippen molar-refractivity contribution in [3.05, 3.63) is 65.1 Å². The summed E-state index contributed by atoms with van der Waals surface area (Å²) in [5.74, 6) is 0. The molecule has 0 fully saturated rings. The lowest BCUT2D eigenvalue weighted by Gasteiger charge is -2.02. The predicted octanol–water partition coefficient (Wildman–Crippen LogP) is 2.53. The second-order valence-corrected chi connectivity index (χ2v) is 4.39. The lowest BCUT2D eigenvalue weighted by molar-refractivity contribution is 0.620. The average Bonchev–Trinajstić information content (AvgIpc) is 2.92. The first-order valence-electron chi connectivity index (χ1n) is 6.15. The minimum absolute atomic E-state index is 0.163. The number of benzene rings is 1. The third-order valence-electron chi connectivity index (χ3n) is 3.16. The van der Waals surface area contributed by atoms with E-state index in [1.807, 2.05) is 30.3 Å². The van der Waals surface area contributed by atoms with Crippen molar-refractivity contribution >= 4 is 22.2 Å². The topological polar surface area (TPSA) is 60.9 Å². The molecular formula is C15H9N3O2. The van der Waals surface area contributed by atoms with Crippen molar-refractivity contribution in [3.63, 3.8) is 0 Å². The van der Waals surface area contributed by atoms with Gasteiger partial charge in [0.1, 0.15) is 5.39 Å². The zero-order valence-corrected chi connectivity index (χ0v) is 10.4. The van der Waals surface area contributed by atoms with Crippen molar-refractivity contribution in [2.45, 2.75) is 0 Å². The molecule has 5 heteroatoms. The minimum atomic E-state index is -0.163. The smallest absolute Gasteiger partial charge is 0.234 e. The molecule has 20 heavy (non-hydrogen) atoms. The maximum atomic E-state index is 12.4. The van der Waals surface area contributed by atoms with Crippen LogP contribution in [-0.4, -0.2) is 14.8 Å². The van der Waals surface area contributed by atoms with Gasteiger partial charge in [-0.15, -0.1) is 0 Å². The lowest BCUT2D eigenvalue weighted by Crippen LogP contribution is -2.04. The van der Waals surface area contributed by atoms with Gasteiger partial charge in [0.15, 0.2) is 11.1 Å². The van der Waals surface area contributed by atoms with E-state index in [2.05, 4.69) is 10.1 Å². The largest absolute Gasteiger partial charge is 0.436 e. The fourth-order valence-corrected chi connectivity index (χ4v) is 2.22. The Bertz CT molecular complexity index is 971. The van der Waals surface area contributed by atoms with Crippen LogP contribution in [-0.2, 0) is 0 Å². The standard InChI is InChI=1S/C15H9N3O2/c19-14-11-9-17-18(10-5-2-1-3-6-10)15(11)20-12-7-4-8-16-13(12)14/h1-9H. The van der Waals surface area contributed by atoms with E-state index in [1.165, 1.54) is 6.20 Å². The van der Waals surface area contributed by atoms with Crippen LogP contribution >= 0.6 is 0 Å². The summed E-state index contributed by atoms with van der Waals surface area (Å²) in [5, 5.41) is 4.68. The van der Waals surface area contributed by atoms with Crippen LogP contribution in [0.4, 0.5) is 0 Å². The maximum absolute atomic E-state index is 12.4. The van der Waals surface area contributed by atoms with Crippen LogP contribution in [0.25, 0.3) is 27.9 Å². The van der Waals surface area contributed by atoms with Crippen molar-refractivity contribution in [3.8, 4) is 5.69 Å². The molecule has 0 radical (unpaired) electrons. The number of hydrogen-bond donors (Lipinski definition) is 0. The zero-order valence-electron chi connectivity index (χ0n) is 10.4. The van der Waals surface area contributed by atoms with Gasteiger partial charge in [-0.3, -0.25) is 4.79 Å². The SMILES string of the molecule is O=c1c2cnn(-c3ccccc3)c2oc2cccnc12. The highest BCUT2D eigenvalue weighted by atomic mass is 16.3. The van der Waals surface area contributed by atoms with Crippen molar-refractivity contribution in [2.75, 3.05) is 0 Å². The van der Waals surface area contributed by atoms with E-state index in [4.69, 9.17) is 4.42 Å². The molecule has 96 valence electrons. The van der Waals surface area contributed by atoms with Crippen LogP contribution in [0, 0.1) is 0 Å². The van der Waals surface area contributed by atoms with Crippen LogP contribution in [0.2, 0.25) is 0 Å². The number of para-hydroxylation sites is 1. The summed E-state index contributed by atoms with van der Waals surface area (Å²) < 4.78 is 7.40. The molecule has 0 unspecified atom stereocenters. The molecule has 0 amide bonds. The van der Waals surface area contributed by atoms with Gasteiger partial charge in [-0.05, 0) is 24.3 Å². The molecule has 4 rings (SSSR count). The summed E-state index contributed by atoms with van der Waals surface area (Å²) in [6, 6.07) is 13.0. The van der Waals surface area contributed by atoms with E-state index in [0.717, 1.165) is 5.69 Å². The molecule has 0 N–H and O–H groups in total. The number of fused-ring (bicyclic) bond motifs is 2. The van der Waals surface area contributed by atoms with E-state index in [-0.39, 0.29) is 5.43 Å². The van der Waals surface area contributed by atoms with Gasteiger partial charge in [0.05, 0.1) is 11.9 Å². The van der Waals surface area contributed by atoms with Crippen LogP contribution in [0.3, 0.4) is 0 Å². The third kappa shape index (κ3) is 1.46. The number of rotatable bonds is 1. The van der Waals surface area contributed by atoms with Gasteiger partial charge in [-0.2, -0.15) is 5.10 Å². The van der Waals surface area contributed by atoms with Gasteiger partial charge in [0.25, 0.3) is 0 Å². The van der Waals surface area contributed by atoms with Gasteiger partial charge in [0.2, 0.25) is 11.1 Å². The molecule has 0 aliphatic heterocycles. The van der Waals surface area contributed by atoms with Crippen LogP contribution in [0.1, 0.15) is 0 Å². The van der Waals surface area contributed by atoms with E-state index in [9.17, 15) is 4.79 Å². The molecule has 0 atom stereocenters. The van der Waals surface area contributed by atoms with Crippen molar-refractivity contribution in [2.24, 2.45) is 0 Å². The average molecular weight is 263 g/mol. The van der Waals surface area contributed by atoms with Crippen molar-refractivity contribution in [1.29, 1.82) is 0 Å². The van der Waals surface area contributed by atoms with Crippen LogP contribution in [0.5, 0.6) is 0 Å². The fraction of sp³-hybridized carbons (Fsp3) is 0. The second-order valence-electron chi connectivity index (χ2n) is 4.39. The van der Waals surface area contributed by atoms with Crippen molar-refractivity contribution < 1.29 is 4.42 Å². The summed E-state index contributed by atoms with van der Waals surface area (Å²) in [7, 11) is 0. The molecule has 0 bridgehead atoms. The highest BCUT2D eigenvalue weighted by Gasteiger charge is 2.13. The van der Waals surface area contributed by atoms with Crippen LogP contribution < -0.4 is 5.43 Å². The molecular weight excluding hydrogens is 254 g/mol. The Kier molecular flexibility index (Phi) is 2.20. The van der Waals surface area contributed by atoms with Gasteiger partial charge in [0, 0.05) is 6.20 Å². The van der Waals surface area contributed by atoms with Crippen LogP contribution in [0.15, 0.2) is 64.1 Å². The molecule has 4 aromatic rings. The predicted molar refractivity (Wildman–Crippen MR) is 74.9 cm³/mol. The summed E-state index contributed by atoms with van der Waals surface area (Å²) in [6.07, 6.45) is 3.09. The Morgan fingerprint density at radius 1 is 1.05 bits per heavy atom. The molecule has 0 saturated carbocycles. The summed E-state index contributed by atoms with van der Waals surface area (Å²) in [6.45, 7) is 0. The molecule has 0 aliphatic rings. The first-order chi connectivity index (χ1) is 9.84. The molecule has 0 spiro atoms. The van der Waals surface area contributed by atoms with Gasteiger partial charge >= 0.3 is 0 Å². The Balaban J connectivity index is 2.14. The summed E-state index contributed by atoms with van der Waals surface area (Å²) in [4.78, 5) is 16.4. The van der Waals surface area contributed by atoms with E-state index < -0.39 is 0 Å². The molecule has 1 aromatic carbocycles.